The van der Waals surface area contributed by atoms with Crippen LogP contribution >= 0.6 is 11.6 Å². The van der Waals surface area contributed by atoms with E-state index in [1.807, 2.05) is 13.8 Å². The van der Waals surface area contributed by atoms with Gasteiger partial charge < -0.3 is 15.7 Å². The molecule has 126 valence electrons. The molecule has 1 amide bonds. The molecule has 1 aliphatic heterocycles. The molecule has 0 bridgehead atoms. The first-order valence-electron chi connectivity index (χ1n) is 6.83. The maximum Gasteiger partial charge on any atom is 0.312 e. The average Bonchev–Trinajstić information content (AvgIpc) is 2.43. The summed E-state index contributed by atoms with van der Waals surface area (Å²) in [5, 5.41) is 6.94. The van der Waals surface area contributed by atoms with Crippen molar-refractivity contribution in [2.45, 2.75) is 40.0 Å². The third kappa shape index (κ3) is 9.12. The van der Waals surface area contributed by atoms with E-state index >= 15 is 0 Å². The molecule has 0 spiro atoms. The fourth-order valence-electron chi connectivity index (χ4n) is 1.45. The van der Waals surface area contributed by atoms with Gasteiger partial charge in [0.1, 0.15) is 6.42 Å². The molecule has 0 saturated heterocycles. The molecule has 7 nitrogen and oxygen atoms in total. The smallest absolute Gasteiger partial charge is 0.312 e. The minimum absolute atomic E-state index is 0.0149. The van der Waals surface area contributed by atoms with Crippen LogP contribution in [0.5, 0.6) is 0 Å². The molecule has 0 saturated carbocycles. The molecule has 1 aliphatic rings. The van der Waals surface area contributed by atoms with Crippen LogP contribution in [0.25, 0.3) is 0 Å². The van der Waals surface area contributed by atoms with Gasteiger partial charge in [0.2, 0.25) is 11.1 Å². The number of carboxylic acids is 1. The lowest BCUT2D eigenvalue weighted by Gasteiger charge is -2.24. The molecular formula is C14H23ClN2O5. The highest BCUT2D eigenvalue weighted by atomic mass is 35.5. The van der Waals surface area contributed by atoms with Crippen LogP contribution in [0, 0.1) is 0 Å². The zero-order valence-electron chi connectivity index (χ0n) is 13.3. The van der Waals surface area contributed by atoms with E-state index in [1.165, 1.54) is 4.90 Å². The van der Waals surface area contributed by atoms with E-state index in [0.717, 1.165) is 0 Å². The molecule has 1 rings (SSSR count). The summed E-state index contributed by atoms with van der Waals surface area (Å²) in [5.74, 6) is -1.25. The molecule has 0 unspecified atom stereocenters. The van der Waals surface area contributed by atoms with Crippen molar-refractivity contribution in [2.24, 2.45) is 5.73 Å². The Hall–Kier alpha value is -1.89. The van der Waals surface area contributed by atoms with Gasteiger partial charge in [0.15, 0.2) is 5.78 Å². The molecule has 22 heavy (non-hydrogen) atoms. The van der Waals surface area contributed by atoms with Gasteiger partial charge in [0, 0.05) is 24.7 Å². The Morgan fingerprint density at radius 2 is 1.82 bits per heavy atom. The van der Waals surface area contributed by atoms with Gasteiger partial charge >= 0.3 is 5.97 Å². The molecule has 0 aromatic heterocycles. The fourth-order valence-corrected chi connectivity index (χ4v) is 1.56. The van der Waals surface area contributed by atoms with Gasteiger partial charge in [-0.05, 0) is 11.6 Å². The van der Waals surface area contributed by atoms with Gasteiger partial charge in [-0.3, -0.25) is 19.2 Å². The zero-order valence-corrected chi connectivity index (χ0v) is 14.1. The molecule has 0 aliphatic carbocycles. The quantitative estimate of drug-likeness (QED) is 0.591. The lowest BCUT2D eigenvalue weighted by Crippen LogP contribution is -2.37. The van der Waals surface area contributed by atoms with E-state index in [1.54, 1.807) is 14.0 Å². The van der Waals surface area contributed by atoms with Gasteiger partial charge in [0.05, 0.1) is 13.0 Å². The molecule has 0 aromatic rings. The first-order valence-corrected chi connectivity index (χ1v) is 7.21. The largest absolute Gasteiger partial charge is 0.481 e. The molecule has 3 N–H and O–H groups in total. The van der Waals surface area contributed by atoms with Gasteiger partial charge in [-0.15, -0.1) is 0 Å². The number of nitrogens with two attached hydrogens (primary N) is 1. The number of halogens is 1. The summed E-state index contributed by atoms with van der Waals surface area (Å²) in [6, 6.07) is 0. The van der Waals surface area contributed by atoms with Crippen LogP contribution < -0.4 is 5.73 Å². The van der Waals surface area contributed by atoms with E-state index in [0.29, 0.717) is 24.2 Å². The van der Waals surface area contributed by atoms with E-state index in [2.05, 4.69) is 11.6 Å². The Bertz CT molecular complexity index is 448. The first kappa shape index (κ1) is 22.4. The Labute approximate surface area is 135 Å². The van der Waals surface area contributed by atoms with Crippen molar-refractivity contribution in [2.75, 3.05) is 13.6 Å². The number of nitrogens with zero attached hydrogens (tertiary/aromatic N) is 1. The number of ketones is 1. The topological polar surface area (TPSA) is 118 Å². The second-order valence-electron chi connectivity index (χ2n) is 4.13. The van der Waals surface area contributed by atoms with Gasteiger partial charge in [-0.2, -0.15) is 0 Å². The summed E-state index contributed by atoms with van der Waals surface area (Å²) in [6.45, 7) is 6.14. The van der Waals surface area contributed by atoms with E-state index < -0.39 is 17.6 Å². The van der Waals surface area contributed by atoms with Crippen molar-refractivity contribution in [1.29, 1.82) is 0 Å². The summed E-state index contributed by atoms with van der Waals surface area (Å²) in [4.78, 5) is 43.2. The highest BCUT2D eigenvalue weighted by Crippen LogP contribution is 2.16. The van der Waals surface area contributed by atoms with Crippen LogP contribution in [0.15, 0.2) is 11.3 Å². The Kier molecular flexibility index (Phi) is 11.9. The summed E-state index contributed by atoms with van der Waals surface area (Å²) >= 11 is 4.65. The minimum atomic E-state index is -1.19. The lowest BCUT2D eigenvalue weighted by atomic mass is 9.99. The van der Waals surface area contributed by atoms with Crippen LogP contribution in [0.3, 0.4) is 0 Å². The normalized spacial score (nSPS) is 13.5. The van der Waals surface area contributed by atoms with Crippen molar-refractivity contribution < 1.29 is 24.3 Å². The third-order valence-corrected chi connectivity index (χ3v) is 2.63. The summed E-state index contributed by atoms with van der Waals surface area (Å²) in [7, 11) is 1.68. The second kappa shape index (κ2) is 11.7. The van der Waals surface area contributed by atoms with Gasteiger partial charge in [-0.1, -0.05) is 20.8 Å². The predicted molar refractivity (Wildman–Crippen MR) is 83.2 cm³/mol. The molecule has 0 radical (unpaired) electrons. The first-order chi connectivity index (χ1) is 10.2. The second-order valence-corrected chi connectivity index (χ2v) is 4.55. The summed E-state index contributed by atoms with van der Waals surface area (Å²) < 4.78 is 0. The number of amides is 1. The molecule has 0 aromatic carbocycles. The molecule has 0 atom stereocenters. The number of likely N-dealkylation sites (N-methyl/N-ethyl adjacent to an activating group) is 1. The van der Waals surface area contributed by atoms with E-state index in [4.69, 9.17) is 10.8 Å². The highest BCUT2D eigenvalue weighted by molar-refractivity contribution is 6.64. The highest BCUT2D eigenvalue weighted by Gasteiger charge is 2.24. The maximum atomic E-state index is 11.3. The van der Waals surface area contributed by atoms with Crippen LogP contribution in [-0.4, -0.2) is 46.5 Å². The van der Waals surface area contributed by atoms with Crippen molar-refractivity contribution in [3.05, 3.63) is 11.3 Å². The summed E-state index contributed by atoms with van der Waals surface area (Å²) in [5.41, 5.74) is 6.71. The third-order valence-electron chi connectivity index (χ3n) is 2.50. The predicted octanol–water partition coefficient (Wildman–Crippen LogP) is 1.29. The Morgan fingerprint density at radius 3 is 2.14 bits per heavy atom. The van der Waals surface area contributed by atoms with Crippen LogP contribution in [-0.2, 0) is 19.2 Å². The summed E-state index contributed by atoms with van der Waals surface area (Å²) in [6.07, 6.45) is -0.0242. The van der Waals surface area contributed by atoms with Crippen LogP contribution in [0.2, 0.25) is 0 Å². The standard InChI is InChI=1S/C9H14N2O2.C3H3ClO3.C2H6/c1-3-8(12)6-4-9(13)11(2)5-7(6)10;4-2(5)1-3(6)7;1-2/h3-5,10H2,1-2H3;1H2,(H,6,7);1-2H3. The van der Waals surface area contributed by atoms with Gasteiger partial charge in [-0.25, -0.2) is 0 Å². The average molecular weight is 335 g/mol. The molecular weight excluding hydrogens is 312 g/mol. The molecule has 8 heteroatoms. The van der Waals surface area contributed by atoms with Crippen molar-refractivity contribution in [1.82, 2.24) is 4.90 Å². The SMILES string of the molecule is CC.CCC(=O)C1=C(N)CN(C)C(=O)C1.O=C(O)CC(=O)Cl. The number of carboxylic acid groups (broad SMARTS) is 1. The van der Waals surface area contributed by atoms with E-state index in [-0.39, 0.29) is 18.1 Å². The number of Topliss-reactive ketones (excluding diaryl/α,β-unsaturated/α-hetero) is 1. The van der Waals surface area contributed by atoms with Crippen molar-refractivity contribution in [3.63, 3.8) is 0 Å². The number of aliphatic carboxylic acids is 1. The fraction of sp³-hybridized carbons (Fsp3) is 0.571. The zero-order chi connectivity index (χ0) is 17.9. The van der Waals surface area contributed by atoms with Crippen molar-refractivity contribution in [3.8, 4) is 0 Å². The number of rotatable bonds is 4. The Morgan fingerprint density at radius 1 is 1.32 bits per heavy atom. The molecule has 1 heterocycles. The number of hydrogen-bond donors (Lipinski definition) is 2. The van der Waals surface area contributed by atoms with Gasteiger partial charge in [0.25, 0.3) is 0 Å². The number of carbonyl (C=O) groups excluding carboxylic acids is 3. The van der Waals surface area contributed by atoms with Crippen LogP contribution in [0.4, 0.5) is 0 Å². The van der Waals surface area contributed by atoms with E-state index in [9.17, 15) is 19.2 Å². The molecule has 0 fully saturated rings. The monoisotopic (exact) mass is 334 g/mol. The lowest BCUT2D eigenvalue weighted by molar-refractivity contribution is -0.138. The maximum absolute atomic E-state index is 11.3. The minimum Gasteiger partial charge on any atom is -0.481 e. The Balaban J connectivity index is 0. The number of carbonyl (C=O) groups is 4. The number of hydrogen-bond acceptors (Lipinski definition) is 5. The van der Waals surface area contributed by atoms with Crippen molar-refractivity contribution >= 4 is 34.5 Å². The van der Waals surface area contributed by atoms with Crippen LogP contribution in [0.1, 0.15) is 40.0 Å².